The first-order valence-corrected chi connectivity index (χ1v) is 10.7. The van der Waals surface area contributed by atoms with Crippen molar-refractivity contribution in [3.63, 3.8) is 0 Å². The molecule has 0 aliphatic heterocycles. The lowest BCUT2D eigenvalue weighted by atomic mass is 10.1. The molecule has 2 heterocycles. The molecule has 0 bridgehead atoms. The van der Waals surface area contributed by atoms with Gasteiger partial charge in [0.25, 0.3) is 15.9 Å². The highest BCUT2D eigenvalue weighted by molar-refractivity contribution is 9.10. The first kappa shape index (κ1) is 17.8. The first-order chi connectivity index (χ1) is 12.9. The summed E-state index contributed by atoms with van der Waals surface area (Å²) in [5.74, 6) is -0.695. The van der Waals surface area contributed by atoms with E-state index in [1.54, 1.807) is 30.3 Å². The average molecular weight is 464 g/mol. The standard InChI is InChI=1S/C16H10BrN5O3S2/c17-14-8-26-15-6-1-10(7-13(14)15)16(23)19-27(24,25)12-4-2-11(3-5-12)22-9-18-20-21-22/h1-9H,(H,19,23). The summed E-state index contributed by atoms with van der Waals surface area (Å²) >= 11 is 4.95. The van der Waals surface area contributed by atoms with Crippen molar-refractivity contribution < 1.29 is 13.2 Å². The Hall–Kier alpha value is -2.63. The number of carbonyl (C=O) groups excluding carboxylic acids is 1. The van der Waals surface area contributed by atoms with Crippen LogP contribution in [-0.4, -0.2) is 34.5 Å². The Morgan fingerprint density at radius 1 is 1.15 bits per heavy atom. The van der Waals surface area contributed by atoms with Crippen LogP contribution in [0, 0.1) is 0 Å². The van der Waals surface area contributed by atoms with Gasteiger partial charge in [0.15, 0.2) is 0 Å². The number of aromatic nitrogens is 4. The lowest BCUT2D eigenvalue weighted by molar-refractivity contribution is 0.0981. The van der Waals surface area contributed by atoms with Crippen LogP contribution in [0.2, 0.25) is 0 Å². The van der Waals surface area contributed by atoms with Gasteiger partial charge in [-0.05, 0) is 68.8 Å². The number of amides is 1. The molecular formula is C16H10BrN5O3S2. The van der Waals surface area contributed by atoms with Crippen molar-refractivity contribution in [2.75, 3.05) is 0 Å². The van der Waals surface area contributed by atoms with Crippen molar-refractivity contribution in [3.8, 4) is 5.69 Å². The van der Waals surface area contributed by atoms with E-state index < -0.39 is 15.9 Å². The van der Waals surface area contributed by atoms with Gasteiger partial charge in [0.1, 0.15) is 6.33 Å². The zero-order chi connectivity index (χ0) is 19.0. The zero-order valence-electron chi connectivity index (χ0n) is 13.4. The zero-order valence-corrected chi connectivity index (χ0v) is 16.6. The van der Waals surface area contributed by atoms with Gasteiger partial charge in [-0.3, -0.25) is 4.79 Å². The summed E-state index contributed by atoms with van der Waals surface area (Å²) in [7, 11) is -4.01. The predicted molar refractivity (Wildman–Crippen MR) is 103 cm³/mol. The van der Waals surface area contributed by atoms with Gasteiger partial charge >= 0.3 is 0 Å². The lowest BCUT2D eigenvalue weighted by Crippen LogP contribution is -2.30. The molecule has 0 aliphatic rings. The molecule has 136 valence electrons. The minimum absolute atomic E-state index is 0.0366. The van der Waals surface area contributed by atoms with Crippen molar-refractivity contribution in [1.82, 2.24) is 24.9 Å². The van der Waals surface area contributed by atoms with E-state index in [1.165, 1.54) is 34.5 Å². The highest BCUT2D eigenvalue weighted by Gasteiger charge is 2.19. The molecule has 8 nitrogen and oxygen atoms in total. The predicted octanol–water partition coefficient (Wildman–Crippen LogP) is 2.76. The minimum atomic E-state index is -4.01. The Kier molecular flexibility index (Phi) is 4.50. The lowest BCUT2D eigenvalue weighted by Gasteiger charge is -2.08. The highest BCUT2D eigenvalue weighted by Crippen LogP contribution is 2.31. The second kappa shape index (κ2) is 6.83. The molecular weight excluding hydrogens is 454 g/mol. The number of fused-ring (bicyclic) bond motifs is 1. The van der Waals surface area contributed by atoms with Crippen LogP contribution in [0.4, 0.5) is 0 Å². The molecule has 0 fully saturated rings. The van der Waals surface area contributed by atoms with E-state index in [-0.39, 0.29) is 10.5 Å². The maximum absolute atomic E-state index is 12.5. The van der Waals surface area contributed by atoms with E-state index in [0.717, 1.165) is 14.6 Å². The first-order valence-electron chi connectivity index (χ1n) is 7.51. The topological polar surface area (TPSA) is 107 Å². The number of nitrogens with zero attached hydrogens (tertiary/aromatic N) is 4. The molecule has 2 aromatic carbocycles. The summed E-state index contributed by atoms with van der Waals surface area (Å²) in [6, 6.07) is 10.9. The van der Waals surface area contributed by atoms with E-state index in [1.807, 2.05) is 5.38 Å². The smallest absolute Gasteiger partial charge is 0.265 e. The second-order valence-electron chi connectivity index (χ2n) is 5.48. The summed E-state index contributed by atoms with van der Waals surface area (Å²) in [5.41, 5.74) is 0.855. The SMILES string of the molecule is O=C(NS(=O)(=O)c1ccc(-n2cnnn2)cc1)c1ccc2scc(Br)c2c1. The third-order valence-electron chi connectivity index (χ3n) is 3.78. The van der Waals surface area contributed by atoms with Crippen LogP contribution < -0.4 is 4.72 Å². The number of nitrogens with one attached hydrogen (secondary N) is 1. The molecule has 2 aromatic heterocycles. The molecule has 11 heteroatoms. The van der Waals surface area contributed by atoms with Gasteiger partial charge in [-0.15, -0.1) is 16.4 Å². The van der Waals surface area contributed by atoms with Gasteiger partial charge < -0.3 is 0 Å². The van der Waals surface area contributed by atoms with E-state index in [9.17, 15) is 13.2 Å². The molecule has 0 saturated heterocycles. The number of sulfonamides is 1. The van der Waals surface area contributed by atoms with Crippen molar-refractivity contribution in [2.24, 2.45) is 0 Å². The minimum Gasteiger partial charge on any atom is -0.268 e. The molecule has 4 aromatic rings. The van der Waals surface area contributed by atoms with Crippen LogP contribution in [0.1, 0.15) is 10.4 Å². The van der Waals surface area contributed by atoms with Crippen molar-refractivity contribution >= 4 is 53.3 Å². The van der Waals surface area contributed by atoms with Crippen LogP contribution in [-0.2, 0) is 10.0 Å². The van der Waals surface area contributed by atoms with E-state index in [0.29, 0.717) is 5.69 Å². The van der Waals surface area contributed by atoms with Crippen molar-refractivity contribution in [3.05, 3.63) is 64.2 Å². The number of carbonyl (C=O) groups is 1. The van der Waals surface area contributed by atoms with Crippen LogP contribution in [0.5, 0.6) is 0 Å². The quantitative estimate of drug-likeness (QED) is 0.498. The monoisotopic (exact) mass is 463 g/mol. The molecule has 0 saturated carbocycles. The maximum Gasteiger partial charge on any atom is 0.265 e. The molecule has 0 atom stereocenters. The number of hydrogen-bond donors (Lipinski definition) is 1. The fraction of sp³-hybridized carbons (Fsp3) is 0. The van der Waals surface area contributed by atoms with Gasteiger partial charge in [-0.2, -0.15) is 0 Å². The largest absolute Gasteiger partial charge is 0.268 e. The summed E-state index contributed by atoms with van der Waals surface area (Å²) < 4.78 is 30.4. The normalized spacial score (nSPS) is 11.6. The summed E-state index contributed by atoms with van der Waals surface area (Å²) in [4.78, 5) is 12.4. The van der Waals surface area contributed by atoms with Crippen LogP contribution >= 0.6 is 27.3 Å². The molecule has 27 heavy (non-hydrogen) atoms. The van der Waals surface area contributed by atoms with Gasteiger partial charge in [0.05, 0.1) is 10.6 Å². The summed E-state index contributed by atoms with van der Waals surface area (Å²) in [6.45, 7) is 0. The fourth-order valence-corrected chi connectivity index (χ4v) is 4.95. The third kappa shape index (κ3) is 3.48. The van der Waals surface area contributed by atoms with Gasteiger partial charge in [-0.1, -0.05) is 0 Å². The fourth-order valence-electron chi connectivity index (χ4n) is 2.44. The maximum atomic E-state index is 12.5. The summed E-state index contributed by atoms with van der Waals surface area (Å²) in [6.07, 6.45) is 1.39. The molecule has 4 rings (SSSR count). The molecule has 0 radical (unpaired) electrons. The van der Waals surface area contributed by atoms with Gasteiger partial charge in [0, 0.05) is 25.5 Å². The van der Waals surface area contributed by atoms with Crippen LogP contribution in [0.3, 0.4) is 0 Å². The van der Waals surface area contributed by atoms with Crippen molar-refractivity contribution in [2.45, 2.75) is 4.90 Å². The van der Waals surface area contributed by atoms with Crippen LogP contribution in [0.25, 0.3) is 15.8 Å². The molecule has 1 N–H and O–H groups in total. The number of benzene rings is 2. The Bertz CT molecular complexity index is 1240. The molecule has 0 aliphatic carbocycles. The van der Waals surface area contributed by atoms with Gasteiger partial charge in [-0.25, -0.2) is 17.8 Å². The Labute approximate surface area is 166 Å². The second-order valence-corrected chi connectivity index (χ2v) is 8.93. The third-order valence-corrected chi connectivity index (χ3v) is 7.05. The number of hydrogen-bond acceptors (Lipinski definition) is 7. The number of tetrazole rings is 1. The Balaban J connectivity index is 1.58. The highest BCUT2D eigenvalue weighted by atomic mass is 79.9. The van der Waals surface area contributed by atoms with Gasteiger partial charge in [0.2, 0.25) is 0 Å². The van der Waals surface area contributed by atoms with Crippen LogP contribution in [0.15, 0.2) is 63.5 Å². The molecule has 0 spiro atoms. The molecule has 0 unspecified atom stereocenters. The van der Waals surface area contributed by atoms with E-state index in [4.69, 9.17) is 0 Å². The number of halogens is 1. The number of rotatable bonds is 4. The Morgan fingerprint density at radius 2 is 1.93 bits per heavy atom. The number of thiophene rings is 1. The summed E-state index contributed by atoms with van der Waals surface area (Å²) in [5, 5.41) is 13.5. The van der Waals surface area contributed by atoms with E-state index >= 15 is 0 Å². The van der Waals surface area contributed by atoms with Crippen molar-refractivity contribution in [1.29, 1.82) is 0 Å². The van der Waals surface area contributed by atoms with E-state index in [2.05, 4.69) is 36.2 Å². The molecule has 1 amide bonds. The average Bonchev–Trinajstić information content (AvgIpc) is 3.32. The Morgan fingerprint density at radius 3 is 2.63 bits per heavy atom.